The van der Waals surface area contributed by atoms with Crippen molar-refractivity contribution < 1.29 is 9.15 Å². The van der Waals surface area contributed by atoms with Crippen molar-refractivity contribution in [1.29, 1.82) is 0 Å². The van der Waals surface area contributed by atoms with Gasteiger partial charge in [-0.25, -0.2) is 0 Å². The Morgan fingerprint density at radius 1 is 1.18 bits per heavy atom. The summed E-state index contributed by atoms with van der Waals surface area (Å²) < 4.78 is 4.11. The second-order valence-electron chi connectivity index (χ2n) is 4.04. The highest BCUT2D eigenvalue weighted by atomic mass is 35.5. The molecular formula is C13H22ClN3+2. The maximum Gasteiger partial charge on any atom is 0.476 e. The molecule has 4 heteroatoms. The Balaban J connectivity index is 0.00000256. The SMILES string of the molecule is C[N+](C)=C=[N+](CCCN)Cc1ccccc1.Cl. The summed E-state index contributed by atoms with van der Waals surface area (Å²) in [5.74, 6) is 0. The first-order valence-electron chi connectivity index (χ1n) is 5.65. The lowest BCUT2D eigenvalue weighted by Crippen LogP contribution is -2.18. The molecular weight excluding hydrogens is 234 g/mol. The third kappa shape index (κ3) is 6.90. The normalized spacial score (nSPS) is 9.12. The van der Waals surface area contributed by atoms with Gasteiger partial charge in [-0.15, -0.1) is 21.6 Å². The zero-order chi connectivity index (χ0) is 11.8. The quantitative estimate of drug-likeness (QED) is 0.626. The zero-order valence-electron chi connectivity index (χ0n) is 10.6. The number of nitrogens with two attached hydrogens (primary N) is 1. The van der Waals surface area contributed by atoms with Crippen molar-refractivity contribution in [3.05, 3.63) is 35.9 Å². The predicted octanol–water partition coefficient (Wildman–Crippen LogP) is 1.42. The fourth-order valence-corrected chi connectivity index (χ4v) is 1.53. The van der Waals surface area contributed by atoms with Gasteiger partial charge < -0.3 is 5.73 Å². The van der Waals surface area contributed by atoms with Gasteiger partial charge in [0, 0.05) is 12.0 Å². The molecule has 0 aliphatic heterocycles. The standard InChI is InChI=1S/C13H21N3.ClH/c1-15(2)12-16(10-6-9-14)11-13-7-4-3-5-8-13;/h3-5,7-8H,6,9-11,14H2,1-2H3;1H/q+2;. The van der Waals surface area contributed by atoms with Crippen molar-refractivity contribution in [3.63, 3.8) is 0 Å². The van der Waals surface area contributed by atoms with E-state index < -0.39 is 0 Å². The molecule has 0 atom stereocenters. The molecule has 0 aromatic heterocycles. The van der Waals surface area contributed by atoms with Crippen LogP contribution in [-0.4, -0.2) is 42.3 Å². The Morgan fingerprint density at radius 2 is 1.82 bits per heavy atom. The first-order valence-corrected chi connectivity index (χ1v) is 5.65. The summed E-state index contributed by atoms with van der Waals surface area (Å²) in [5, 5.41) is 0. The molecule has 0 bridgehead atoms. The first kappa shape index (κ1) is 15.9. The highest BCUT2D eigenvalue weighted by molar-refractivity contribution is 5.85. The summed E-state index contributed by atoms with van der Waals surface area (Å²) in [6.07, 6.45) is 0.994. The molecule has 0 unspecified atom stereocenters. The van der Waals surface area contributed by atoms with Gasteiger partial charge in [0.1, 0.15) is 14.1 Å². The Kier molecular flexibility index (Phi) is 8.34. The Hall–Kier alpha value is -1.15. The number of hydrogen-bond acceptors (Lipinski definition) is 1. The first-order chi connectivity index (χ1) is 7.72. The van der Waals surface area contributed by atoms with Gasteiger partial charge in [0.2, 0.25) is 0 Å². The van der Waals surface area contributed by atoms with E-state index in [-0.39, 0.29) is 12.4 Å². The second kappa shape index (κ2) is 8.94. The lowest BCUT2D eigenvalue weighted by atomic mass is 10.2. The van der Waals surface area contributed by atoms with Crippen molar-refractivity contribution in [3.8, 4) is 0 Å². The minimum absolute atomic E-state index is 0. The molecule has 0 heterocycles. The summed E-state index contributed by atoms with van der Waals surface area (Å²) in [6.45, 7) is 2.56. The van der Waals surface area contributed by atoms with E-state index in [1.165, 1.54) is 5.56 Å². The van der Waals surface area contributed by atoms with E-state index in [9.17, 15) is 0 Å². The van der Waals surface area contributed by atoms with Crippen molar-refractivity contribution in [2.24, 2.45) is 5.73 Å². The van der Waals surface area contributed by atoms with Gasteiger partial charge in [-0.1, -0.05) is 30.3 Å². The highest BCUT2D eigenvalue weighted by Gasteiger charge is 2.07. The summed E-state index contributed by atoms with van der Waals surface area (Å²) in [5.41, 5.74) is 6.83. The average Bonchev–Trinajstić information content (AvgIpc) is 2.26. The third-order valence-corrected chi connectivity index (χ3v) is 2.19. The molecule has 0 aliphatic rings. The number of nitrogens with zero attached hydrogens (tertiary/aromatic N) is 2. The molecule has 1 rings (SSSR count). The Bertz CT molecular complexity index is 377. The third-order valence-electron chi connectivity index (χ3n) is 2.19. The van der Waals surface area contributed by atoms with E-state index in [0.29, 0.717) is 0 Å². The molecule has 1 aromatic carbocycles. The summed E-state index contributed by atoms with van der Waals surface area (Å²) in [4.78, 5) is 0. The van der Waals surface area contributed by atoms with E-state index in [0.717, 1.165) is 26.1 Å². The monoisotopic (exact) mass is 255 g/mol. The number of hydrogen-bond donors (Lipinski definition) is 1. The summed E-state index contributed by atoms with van der Waals surface area (Å²) >= 11 is 0. The van der Waals surface area contributed by atoms with Crippen LogP contribution in [0.2, 0.25) is 0 Å². The van der Waals surface area contributed by atoms with E-state index in [2.05, 4.69) is 34.8 Å². The van der Waals surface area contributed by atoms with Crippen LogP contribution in [0.4, 0.5) is 0 Å². The van der Waals surface area contributed by atoms with Gasteiger partial charge in [-0.05, 0) is 6.54 Å². The van der Waals surface area contributed by atoms with Crippen molar-refractivity contribution in [2.45, 2.75) is 13.0 Å². The van der Waals surface area contributed by atoms with Crippen LogP contribution in [0.3, 0.4) is 0 Å². The Morgan fingerprint density at radius 3 is 2.35 bits per heavy atom. The molecule has 2 N–H and O–H groups in total. The summed E-state index contributed by atoms with van der Waals surface area (Å²) in [6, 6.07) is 13.7. The molecule has 0 amide bonds. The van der Waals surface area contributed by atoms with Gasteiger partial charge >= 0.3 is 6.01 Å². The molecule has 1 aromatic rings. The van der Waals surface area contributed by atoms with Gasteiger partial charge in [-0.2, -0.15) is 0 Å². The minimum Gasteiger partial charge on any atom is -0.330 e. The molecule has 17 heavy (non-hydrogen) atoms. The molecule has 0 saturated heterocycles. The molecule has 94 valence electrons. The smallest absolute Gasteiger partial charge is 0.330 e. The molecule has 0 saturated carbocycles. The van der Waals surface area contributed by atoms with E-state index in [4.69, 9.17) is 5.73 Å². The molecule has 3 nitrogen and oxygen atoms in total. The number of rotatable bonds is 5. The second-order valence-corrected chi connectivity index (χ2v) is 4.04. The van der Waals surface area contributed by atoms with Gasteiger partial charge in [0.15, 0.2) is 13.1 Å². The number of benzene rings is 1. The van der Waals surface area contributed by atoms with Crippen molar-refractivity contribution in [1.82, 2.24) is 0 Å². The lowest BCUT2D eigenvalue weighted by Gasteiger charge is -1.98. The van der Waals surface area contributed by atoms with Gasteiger partial charge in [0.05, 0.1) is 0 Å². The highest BCUT2D eigenvalue weighted by Crippen LogP contribution is 2.00. The summed E-state index contributed by atoms with van der Waals surface area (Å²) in [7, 11) is 3.97. The van der Waals surface area contributed by atoms with Crippen LogP contribution in [0.1, 0.15) is 12.0 Å². The van der Waals surface area contributed by atoms with Crippen LogP contribution in [-0.2, 0) is 6.54 Å². The lowest BCUT2D eigenvalue weighted by molar-refractivity contribution is -0.577. The fraction of sp³-hybridized carbons (Fsp3) is 0.462. The van der Waals surface area contributed by atoms with Crippen molar-refractivity contribution in [2.75, 3.05) is 27.2 Å². The van der Waals surface area contributed by atoms with Crippen LogP contribution >= 0.6 is 12.4 Å². The maximum absolute atomic E-state index is 5.53. The van der Waals surface area contributed by atoms with E-state index in [1.807, 2.05) is 24.7 Å². The minimum atomic E-state index is 0. The average molecular weight is 256 g/mol. The predicted molar refractivity (Wildman–Crippen MR) is 73.3 cm³/mol. The maximum atomic E-state index is 5.53. The van der Waals surface area contributed by atoms with Crippen LogP contribution in [0.15, 0.2) is 30.3 Å². The van der Waals surface area contributed by atoms with E-state index in [1.54, 1.807) is 0 Å². The van der Waals surface area contributed by atoms with E-state index >= 15 is 0 Å². The van der Waals surface area contributed by atoms with Crippen LogP contribution < -0.4 is 5.73 Å². The zero-order valence-corrected chi connectivity index (χ0v) is 11.4. The molecule has 0 spiro atoms. The van der Waals surface area contributed by atoms with Gasteiger partial charge in [0.25, 0.3) is 0 Å². The fourth-order valence-electron chi connectivity index (χ4n) is 1.53. The van der Waals surface area contributed by atoms with Crippen molar-refractivity contribution >= 4 is 18.4 Å². The molecule has 0 fully saturated rings. The Labute approximate surface area is 110 Å². The largest absolute Gasteiger partial charge is 0.476 e. The molecule has 0 aliphatic carbocycles. The van der Waals surface area contributed by atoms with Gasteiger partial charge in [-0.3, -0.25) is 0 Å². The van der Waals surface area contributed by atoms with Crippen LogP contribution in [0, 0.1) is 0 Å². The molecule has 0 radical (unpaired) electrons. The topological polar surface area (TPSA) is 32.0 Å². The number of halogens is 1. The van der Waals surface area contributed by atoms with Crippen LogP contribution in [0.25, 0.3) is 0 Å². The van der Waals surface area contributed by atoms with Crippen LogP contribution in [0.5, 0.6) is 0 Å².